The molecule has 1 aromatic heterocycles. The first-order valence-electron chi connectivity index (χ1n) is 4.39. The monoisotopic (exact) mass is 189 g/mol. The summed E-state index contributed by atoms with van der Waals surface area (Å²) < 4.78 is 0. The summed E-state index contributed by atoms with van der Waals surface area (Å²) in [5.41, 5.74) is 3.06. The smallest absolute Gasteiger partial charge is 0.289 e. The fraction of sp³-hybridized carbons (Fsp3) is 0.200. The molecule has 2 N–H and O–H groups in total. The number of nitrogens with one attached hydrogen (secondary N) is 2. The molecule has 0 saturated heterocycles. The molecule has 0 aliphatic heterocycles. The van der Waals surface area contributed by atoms with Gasteiger partial charge in [0.15, 0.2) is 5.82 Å². The van der Waals surface area contributed by atoms with E-state index >= 15 is 0 Å². The van der Waals surface area contributed by atoms with Gasteiger partial charge in [-0.05, 0) is 31.0 Å². The lowest BCUT2D eigenvalue weighted by atomic mass is 10.1. The quantitative estimate of drug-likeness (QED) is 0.712. The van der Waals surface area contributed by atoms with Crippen LogP contribution in [0.3, 0.4) is 0 Å². The number of rotatable bonds is 1. The SMILES string of the molecule is Cc1ccc(-c2n[nH]c(=O)[nH]2)cc1C. The van der Waals surface area contributed by atoms with Crippen LogP contribution in [0.4, 0.5) is 0 Å². The molecule has 0 spiro atoms. The molecule has 0 fully saturated rings. The van der Waals surface area contributed by atoms with Gasteiger partial charge in [-0.3, -0.25) is 4.98 Å². The number of benzene rings is 1. The highest BCUT2D eigenvalue weighted by Gasteiger charge is 2.02. The maximum atomic E-state index is 10.8. The van der Waals surface area contributed by atoms with Gasteiger partial charge in [0.25, 0.3) is 0 Å². The Hall–Kier alpha value is -1.84. The third-order valence-electron chi connectivity index (χ3n) is 2.28. The van der Waals surface area contributed by atoms with Crippen LogP contribution in [0.2, 0.25) is 0 Å². The van der Waals surface area contributed by atoms with Crippen molar-refractivity contribution < 1.29 is 0 Å². The zero-order valence-corrected chi connectivity index (χ0v) is 8.09. The van der Waals surface area contributed by atoms with Crippen LogP contribution in [0.25, 0.3) is 11.4 Å². The zero-order chi connectivity index (χ0) is 10.1. The van der Waals surface area contributed by atoms with Crippen molar-refractivity contribution in [3.63, 3.8) is 0 Å². The highest BCUT2D eigenvalue weighted by atomic mass is 16.1. The van der Waals surface area contributed by atoms with Gasteiger partial charge >= 0.3 is 5.69 Å². The zero-order valence-electron chi connectivity index (χ0n) is 8.09. The molecule has 0 bridgehead atoms. The topological polar surface area (TPSA) is 61.5 Å². The Morgan fingerprint density at radius 1 is 1.21 bits per heavy atom. The predicted octanol–water partition coefficient (Wildman–Crippen LogP) is 1.38. The van der Waals surface area contributed by atoms with Gasteiger partial charge in [0.1, 0.15) is 0 Å². The van der Waals surface area contributed by atoms with Crippen molar-refractivity contribution >= 4 is 0 Å². The third kappa shape index (κ3) is 1.46. The van der Waals surface area contributed by atoms with Crippen LogP contribution in [0.15, 0.2) is 23.0 Å². The van der Waals surface area contributed by atoms with Gasteiger partial charge < -0.3 is 0 Å². The Bertz CT molecular complexity index is 510. The Morgan fingerprint density at radius 2 is 2.00 bits per heavy atom. The molecule has 0 amide bonds. The molecule has 4 nitrogen and oxygen atoms in total. The summed E-state index contributed by atoms with van der Waals surface area (Å²) in [4.78, 5) is 13.5. The first-order chi connectivity index (χ1) is 6.66. The number of H-pyrrole nitrogens is 2. The van der Waals surface area contributed by atoms with Crippen molar-refractivity contribution in [2.24, 2.45) is 0 Å². The van der Waals surface area contributed by atoms with Crippen LogP contribution in [0, 0.1) is 13.8 Å². The molecule has 4 heteroatoms. The van der Waals surface area contributed by atoms with E-state index in [1.54, 1.807) is 0 Å². The Balaban J connectivity index is 2.52. The second-order valence-corrected chi connectivity index (χ2v) is 3.33. The Labute approximate surface area is 81.0 Å². The van der Waals surface area contributed by atoms with Crippen LogP contribution in [0.1, 0.15) is 11.1 Å². The van der Waals surface area contributed by atoms with Gasteiger partial charge in [-0.2, -0.15) is 5.10 Å². The average molecular weight is 189 g/mol. The summed E-state index contributed by atoms with van der Waals surface area (Å²) in [7, 11) is 0. The van der Waals surface area contributed by atoms with Crippen LogP contribution < -0.4 is 5.69 Å². The van der Waals surface area contributed by atoms with Crippen LogP contribution in [-0.4, -0.2) is 15.2 Å². The summed E-state index contributed by atoms with van der Waals surface area (Å²) in [6.07, 6.45) is 0. The number of hydrogen-bond acceptors (Lipinski definition) is 2. The molecule has 0 atom stereocenters. The average Bonchev–Trinajstić information content (AvgIpc) is 2.57. The standard InChI is InChI=1S/C10H11N3O/c1-6-3-4-8(5-7(6)2)9-11-10(14)13-12-9/h3-5H,1-2H3,(H2,11,12,13,14). The molecule has 0 aliphatic carbocycles. The number of nitrogens with zero attached hydrogens (tertiary/aromatic N) is 1. The maximum Gasteiger partial charge on any atom is 0.340 e. The Morgan fingerprint density at radius 3 is 2.57 bits per heavy atom. The number of aromatic amines is 2. The summed E-state index contributed by atoms with van der Waals surface area (Å²) in [5.74, 6) is 0.582. The van der Waals surface area contributed by atoms with E-state index in [1.807, 2.05) is 32.0 Å². The minimum absolute atomic E-state index is 0.279. The molecule has 2 aromatic rings. The molecule has 0 unspecified atom stereocenters. The van der Waals surface area contributed by atoms with Gasteiger partial charge in [-0.15, -0.1) is 0 Å². The van der Waals surface area contributed by atoms with Crippen molar-refractivity contribution in [1.82, 2.24) is 15.2 Å². The molecule has 2 rings (SSSR count). The molecule has 1 heterocycles. The van der Waals surface area contributed by atoms with Gasteiger partial charge in [-0.25, -0.2) is 9.89 Å². The van der Waals surface area contributed by atoms with E-state index < -0.39 is 0 Å². The van der Waals surface area contributed by atoms with E-state index in [9.17, 15) is 4.79 Å². The highest BCUT2D eigenvalue weighted by Crippen LogP contribution is 2.16. The van der Waals surface area contributed by atoms with Crippen molar-refractivity contribution in [3.05, 3.63) is 39.8 Å². The summed E-state index contributed by atoms with van der Waals surface area (Å²) in [5, 5.41) is 6.20. The van der Waals surface area contributed by atoms with Crippen molar-refractivity contribution in [2.45, 2.75) is 13.8 Å². The molecule has 0 saturated carbocycles. The molecule has 0 aliphatic rings. The van der Waals surface area contributed by atoms with Crippen LogP contribution >= 0.6 is 0 Å². The molecule has 72 valence electrons. The van der Waals surface area contributed by atoms with Gasteiger partial charge in [0.05, 0.1) is 0 Å². The van der Waals surface area contributed by atoms with Crippen molar-refractivity contribution in [3.8, 4) is 11.4 Å². The van der Waals surface area contributed by atoms with E-state index in [0.29, 0.717) is 5.82 Å². The Kier molecular flexibility index (Phi) is 1.96. The normalized spacial score (nSPS) is 10.4. The molecule has 1 aromatic carbocycles. The lowest BCUT2D eigenvalue weighted by Gasteiger charge is -2.01. The van der Waals surface area contributed by atoms with Crippen LogP contribution in [0.5, 0.6) is 0 Å². The van der Waals surface area contributed by atoms with E-state index in [2.05, 4.69) is 15.2 Å². The first kappa shape index (κ1) is 8.74. The summed E-state index contributed by atoms with van der Waals surface area (Å²) >= 11 is 0. The highest BCUT2D eigenvalue weighted by molar-refractivity contribution is 5.56. The lowest BCUT2D eigenvalue weighted by Crippen LogP contribution is -2.00. The number of aryl methyl sites for hydroxylation is 2. The number of aromatic nitrogens is 3. The largest absolute Gasteiger partial charge is 0.340 e. The summed E-state index contributed by atoms with van der Waals surface area (Å²) in [6.45, 7) is 4.08. The van der Waals surface area contributed by atoms with E-state index in [-0.39, 0.29) is 5.69 Å². The summed E-state index contributed by atoms with van der Waals surface area (Å²) in [6, 6.07) is 5.95. The van der Waals surface area contributed by atoms with Crippen LogP contribution in [-0.2, 0) is 0 Å². The van der Waals surface area contributed by atoms with E-state index in [4.69, 9.17) is 0 Å². The van der Waals surface area contributed by atoms with Gasteiger partial charge in [0, 0.05) is 5.56 Å². The minimum Gasteiger partial charge on any atom is -0.289 e. The third-order valence-corrected chi connectivity index (χ3v) is 2.28. The second-order valence-electron chi connectivity index (χ2n) is 3.33. The molecular weight excluding hydrogens is 178 g/mol. The lowest BCUT2D eigenvalue weighted by molar-refractivity contribution is 1.05. The van der Waals surface area contributed by atoms with Crippen molar-refractivity contribution in [1.29, 1.82) is 0 Å². The van der Waals surface area contributed by atoms with Crippen molar-refractivity contribution in [2.75, 3.05) is 0 Å². The second kappa shape index (κ2) is 3.14. The van der Waals surface area contributed by atoms with Gasteiger partial charge in [-0.1, -0.05) is 12.1 Å². The molecular formula is C10H11N3O. The fourth-order valence-corrected chi connectivity index (χ4v) is 1.30. The minimum atomic E-state index is -0.279. The predicted molar refractivity (Wildman–Crippen MR) is 54.1 cm³/mol. The number of hydrogen-bond donors (Lipinski definition) is 2. The first-order valence-corrected chi connectivity index (χ1v) is 4.39. The molecule has 14 heavy (non-hydrogen) atoms. The van der Waals surface area contributed by atoms with E-state index in [1.165, 1.54) is 11.1 Å². The molecule has 0 radical (unpaired) electrons. The fourth-order valence-electron chi connectivity index (χ4n) is 1.30. The maximum absolute atomic E-state index is 10.8. The van der Waals surface area contributed by atoms with Gasteiger partial charge in [0.2, 0.25) is 0 Å². The van der Waals surface area contributed by atoms with E-state index in [0.717, 1.165) is 5.56 Å².